The fourth-order valence-electron chi connectivity index (χ4n) is 9.50. The maximum Gasteiger partial charge on any atom is 0.494 e. The van der Waals surface area contributed by atoms with Crippen molar-refractivity contribution in [3.8, 4) is 0 Å². The highest BCUT2D eigenvalue weighted by Gasteiger charge is 2.53. The number of fused-ring (bicyclic) bond motifs is 3. The van der Waals surface area contributed by atoms with E-state index in [0.717, 1.165) is 83.2 Å². The van der Waals surface area contributed by atoms with E-state index in [2.05, 4.69) is 214 Å². The SMILES string of the molecule is CCC1(COCCCCCCOCc2ccc(Br)cc2)COC1.CCCCC(CC)Cn1c2ccc(B3OC(C)(C)C(C)(C)O3)cc2c2cc(B3OC(C)(C)C(C)(C)O3)ccc21.CCCCc1cc(Br)cc(Br)c1. The Labute approximate surface area is 472 Å². The second-order valence-electron chi connectivity index (χ2n) is 23.1. The van der Waals surface area contributed by atoms with Crippen LogP contribution in [0, 0.1) is 11.3 Å². The van der Waals surface area contributed by atoms with Crippen molar-refractivity contribution >= 4 is 94.8 Å². The van der Waals surface area contributed by atoms with Gasteiger partial charge in [0, 0.05) is 60.4 Å². The smallest absolute Gasteiger partial charge is 0.399 e. The van der Waals surface area contributed by atoms with Gasteiger partial charge in [-0.25, -0.2) is 0 Å². The highest BCUT2D eigenvalue weighted by atomic mass is 79.9. The van der Waals surface area contributed by atoms with Crippen LogP contribution in [0.4, 0.5) is 0 Å². The second-order valence-corrected chi connectivity index (χ2v) is 25.9. The molecule has 8 nitrogen and oxygen atoms in total. The Hall–Kier alpha value is -2.03. The van der Waals surface area contributed by atoms with Gasteiger partial charge in [0.2, 0.25) is 0 Å². The van der Waals surface area contributed by atoms with Crippen LogP contribution in [0.15, 0.2) is 92.3 Å². The molecule has 0 bridgehead atoms. The second kappa shape index (κ2) is 27.7. The third-order valence-corrected chi connectivity index (χ3v) is 17.6. The Morgan fingerprint density at radius 3 is 1.50 bits per heavy atom. The summed E-state index contributed by atoms with van der Waals surface area (Å²) < 4.78 is 48.5. The molecule has 0 amide bonds. The first-order valence-corrected chi connectivity index (χ1v) is 30.2. The van der Waals surface area contributed by atoms with Gasteiger partial charge >= 0.3 is 14.2 Å². The van der Waals surface area contributed by atoms with Crippen LogP contribution in [-0.4, -0.2) is 74.2 Å². The van der Waals surface area contributed by atoms with Gasteiger partial charge in [-0.3, -0.25) is 0 Å². The number of nitrogens with zero attached hydrogens (tertiary/aromatic N) is 1. The van der Waals surface area contributed by atoms with Gasteiger partial charge in [-0.15, -0.1) is 0 Å². The van der Waals surface area contributed by atoms with E-state index in [1.165, 1.54) is 90.7 Å². The van der Waals surface area contributed by atoms with Crippen LogP contribution >= 0.6 is 47.8 Å². The minimum absolute atomic E-state index is 0.320. The molecule has 3 saturated heterocycles. The maximum atomic E-state index is 6.43. The van der Waals surface area contributed by atoms with Gasteiger partial charge in [-0.1, -0.05) is 150 Å². The zero-order valence-electron chi connectivity index (χ0n) is 47.1. The van der Waals surface area contributed by atoms with E-state index in [1.54, 1.807) is 0 Å². The zero-order valence-corrected chi connectivity index (χ0v) is 51.9. The molecule has 1 atom stereocenters. The number of aromatic nitrogens is 1. The minimum atomic E-state index is -0.392. The Morgan fingerprint density at radius 1 is 0.554 bits per heavy atom. The summed E-state index contributed by atoms with van der Waals surface area (Å²) in [6, 6.07) is 28.2. The van der Waals surface area contributed by atoms with Crippen LogP contribution in [0.5, 0.6) is 0 Å². The quantitative estimate of drug-likeness (QED) is 0.0477. The molecule has 5 aromatic rings. The van der Waals surface area contributed by atoms with Gasteiger partial charge in [0.1, 0.15) is 0 Å². The standard InChI is InChI=1S/C32H47B2NO4.C19H29BrO3.C10H12Br2/c1-11-13-14-22(12-2)21-35-27-17-15-23(33-36-29(3,4)30(5,6)37-33)19-25(27)26-20-24(16-18-28(26)35)34-38-31(7,8)32(9,10)39-34;1-2-19(15-23-16-19)14-22-12-6-4-3-5-11-21-13-17-7-9-18(20)10-8-17;1-2-3-4-8-5-9(11)7-10(12)6-8/h15-20,22H,11-14,21H2,1-10H3;7-10H,2-6,11-16H2,1H3;5-7H,2-4H2,1H3. The molecule has 13 heteroatoms. The van der Waals surface area contributed by atoms with Crippen molar-refractivity contribution in [2.24, 2.45) is 11.3 Å². The van der Waals surface area contributed by atoms with Crippen molar-refractivity contribution in [1.29, 1.82) is 0 Å². The molecule has 1 aromatic heterocycles. The molecule has 0 spiro atoms. The molecule has 4 aromatic carbocycles. The van der Waals surface area contributed by atoms with Crippen molar-refractivity contribution in [3.05, 3.63) is 103 Å². The van der Waals surface area contributed by atoms with Gasteiger partial charge in [-0.05, 0) is 164 Å². The first-order chi connectivity index (χ1) is 35.2. The molecule has 3 aliphatic rings. The molecule has 8 rings (SSSR count). The zero-order chi connectivity index (χ0) is 53.7. The summed E-state index contributed by atoms with van der Waals surface area (Å²) in [7, 11) is -0.783. The lowest BCUT2D eigenvalue weighted by atomic mass is 9.77. The molecule has 0 radical (unpaired) electrons. The van der Waals surface area contributed by atoms with Crippen molar-refractivity contribution < 1.29 is 32.8 Å². The molecule has 0 aliphatic carbocycles. The molecule has 3 fully saturated rings. The van der Waals surface area contributed by atoms with Crippen LogP contribution < -0.4 is 10.9 Å². The molecule has 4 heterocycles. The number of unbranched alkanes of at least 4 members (excludes halogenated alkanes) is 5. The van der Waals surface area contributed by atoms with Gasteiger partial charge in [0.05, 0.1) is 48.8 Å². The number of benzene rings is 4. The van der Waals surface area contributed by atoms with Crippen molar-refractivity contribution in [1.82, 2.24) is 4.57 Å². The predicted molar refractivity (Wildman–Crippen MR) is 321 cm³/mol. The van der Waals surface area contributed by atoms with Gasteiger partial charge in [0.25, 0.3) is 0 Å². The lowest BCUT2D eigenvalue weighted by Gasteiger charge is -2.40. The molecule has 74 heavy (non-hydrogen) atoms. The van der Waals surface area contributed by atoms with Crippen LogP contribution in [0.1, 0.15) is 165 Å². The Morgan fingerprint density at radius 2 is 1.05 bits per heavy atom. The summed E-state index contributed by atoms with van der Waals surface area (Å²) in [5.74, 6) is 0.647. The van der Waals surface area contributed by atoms with Gasteiger partial charge in [-0.2, -0.15) is 0 Å². The Balaban J connectivity index is 0.000000214. The van der Waals surface area contributed by atoms with E-state index >= 15 is 0 Å². The number of ether oxygens (including phenoxy) is 3. The summed E-state index contributed by atoms with van der Waals surface area (Å²) in [6.45, 7) is 31.9. The van der Waals surface area contributed by atoms with Crippen LogP contribution in [0.3, 0.4) is 0 Å². The average Bonchev–Trinajstić information content (AvgIpc) is 3.86. The largest absolute Gasteiger partial charge is 0.494 e. The van der Waals surface area contributed by atoms with Crippen LogP contribution in [0.2, 0.25) is 0 Å². The Kier molecular flexibility index (Phi) is 22.9. The molecular weight excluding hydrogens is 1120 g/mol. The summed E-state index contributed by atoms with van der Waals surface area (Å²) in [5, 5.41) is 2.45. The highest BCUT2D eigenvalue weighted by molar-refractivity contribution is 9.11. The maximum absolute atomic E-state index is 6.43. The van der Waals surface area contributed by atoms with E-state index in [4.69, 9.17) is 32.8 Å². The molecule has 406 valence electrons. The summed E-state index contributed by atoms with van der Waals surface area (Å²) in [6.07, 6.45) is 14.5. The van der Waals surface area contributed by atoms with Crippen molar-refractivity contribution in [2.45, 2.75) is 196 Å². The third-order valence-electron chi connectivity index (χ3n) is 16.2. The van der Waals surface area contributed by atoms with E-state index in [0.29, 0.717) is 17.9 Å². The minimum Gasteiger partial charge on any atom is -0.399 e. The van der Waals surface area contributed by atoms with Crippen LogP contribution in [0.25, 0.3) is 21.8 Å². The van der Waals surface area contributed by atoms with E-state index < -0.39 is 14.2 Å². The van der Waals surface area contributed by atoms with E-state index in [1.807, 2.05) is 0 Å². The Bertz CT molecular complexity index is 2370. The van der Waals surface area contributed by atoms with E-state index in [9.17, 15) is 0 Å². The fourth-order valence-corrected chi connectivity index (χ4v) is 11.2. The van der Waals surface area contributed by atoms with Crippen molar-refractivity contribution in [2.75, 3.05) is 33.0 Å². The molecule has 0 N–H and O–H groups in total. The number of aryl methyl sites for hydroxylation is 1. The van der Waals surface area contributed by atoms with E-state index in [-0.39, 0.29) is 22.4 Å². The molecule has 3 aliphatic heterocycles. The molecule has 1 unspecified atom stereocenters. The highest BCUT2D eigenvalue weighted by Crippen LogP contribution is 2.39. The summed E-state index contributed by atoms with van der Waals surface area (Å²) >= 11 is 10.4. The lowest BCUT2D eigenvalue weighted by Crippen LogP contribution is -2.45. The fraction of sp³-hybridized carbons (Fsp3) is 0.607. The monoisotopic (exact) mass is 1210 g/mol. The van der Waals surface area contributed by atoms with Gasteiger partial charge in [0.15, 0.2) is 0 Å². The number of rotatable bonds is 23. The normalized spacial score (nSPS) is 18.5. The molecule has 0 saturated carbocycles. The van der Waals surface area contributed by atoms with Crippen LogP contribution in [-0.2, 0) is 52.4 Å². The number of hydrogen-bond donors (Lipinski definition) is 0. The van der Waals surface area contributed by atoms with Crippen molar-refractivity contribution in [3.63, 3.8) is 0 Å². The topological polar surface area (TPSA) is 69.5 Å². The third kappa shape index (κ3) is 16.3. The summed E-state index contributed by atoms with van der Waals surface area (Å²) in [4.78, 5) is 0. The first-order valence-electron chi connectivity index (χ1n) is 27.9. The summed E-state index contributed by atoms with van der Waals surface area (Å²) in [5.41, 5.74) is 6.06. The average molecular weight is 1210 g/mol. The first kappa shape index (κ1) is 61.2. The predicted octanol–water partition coefficient (Wildman–Crippen LogP) is 16.1. The van der Waals surface area contributed by atoms with Gasteiger partial charge < -0.3 is 37.4 Å². The molecular formula is C61H88B2Br3NO7. The number of hydrogen-bond acceptors (Lipinski definition) is 7. The number of halogens is 3. The lowest BCUT2D eigenvalue weighted by molar-refractivity contribution is -0.150.